The summed E-state index contributed by atoms with van der Waals surface area (Å²) in [5.74, 6) is 1.92. The smallest absolute Gasteiger partial charge is 0.404 e. The number of nitrogens with one attached hydrogen (secondary N) is 1. The predicted octanol–water partition coefficient (Wildman–Crippen LogP) is 0.459. The number of hydrogen-bond acceptors (Lipinski definition) is 3. The Bertz CT molecular complexity index is 216. The van der Waals surface area contributed by atoms with Crippen molar-refractivity contribution in [2.24, 2.45) is 0 Å². The summed E-state index contributed by atoms with van der Waals surface area (Å²) in [6.45, 7) is 1.16. The van der Waals surface area contributed by atoms with E-state index >= 15 is 0 Å². The van der Waals surface area contributed by atoms with Crippen LogP contribution in [0.25, 0.3) is 0 Å². The summed E-state index contributed by atoms with van der Waals surface area (Å²) in [7, 11) is 0. The first-order chi connectivity index (χ1) is 5.16. The fraction of sp³-hybridized carbons (Fsp3) is 0.333. The van der Waals surface area contributed by atoms with Crippen molar-refractivity contribution in [1.82, 2.24) is 5.32 Å². The molecule has 0 aliphatic carbocycles. The molecular weight excluding hydrogens is 170 g/mol. The van der Waals surface area contributed by atoms with Gasteiger partial charge in [0.1, 0.15) is 0 Å². The third kappa shape index (κ3) is 6.68. The van der Waals surface area contributed by atoms with Gasteiger partial charge in [0.05, 0.1) is 0 Å². The lowest BCUT2D eigenvalue weighted by Gasteiger charge is -1.96. The fourth-order valence-corrected chi connectivity index (χ4v) is 0.345. The maximum atomic E-state index is 10.6. The number of halogens is 1. The largest absolute Gasteiger partial charge is 0.444 e. The van der Waals surface area contributed by atoms with E-state index in [1.165, 1.54) is 0 Å². The number of hydrogen-bond donors (Lipinski definition) is 1. The summed E-state index contributed by atoms with van der Waals surface area (Å²) >= 11 is 4.78. The maximum absolute atomic E-state index is 10.6. The summed E-state index contributed by atoms with van der Waals surface area (Å²) in [4.78, 5) is 20.5. The number of carbonyl (C=O) groups is 2. The summed E-state index contributed by atoms with van der Waals surface area (Å²) < 4.78 is 4.15. The number of amides is 1. The maximum Gasteiger partial charge on any atom is 0.404 e. The second-order valence-electron chi connectivity index (χ2n) is 1.45. The van der Waals surface area contributed by atoms with Crippen molar-refractivity contribution in [3.63, 3.8) is 0 Å². The first kappa shape index (κ1) is 9.79. The van der Waals surface area contributed by atoms with Gasteiger partial charge in [-0.1, -0.05) is 5.92 Å². The normalized spacial score (nSPS) is 7.45. The lowest BCUT2D eigenvalue weighted by Crippen LogP contribution is -2.23. The van der Waals surface area contributed by atoms with Gasteiger partial charge in [-0.05, 0) is 6.92 Å². The highest BCUT2D eigenvalue weighted by Crippen LogP contribution is 1.84. The first-order valence-electron chi connectivity index (χ1n) is 2.69. The monoisotopic (exact) mass is 175 g/mol. The van der Waals surface area contributed by atoms with Gasteiger partial charge in [-0.3, -0.25) is 10.1 Å². The molecule has 11 heavy (non-hydrogen) atoms. The van der Waals surface area contributed by atoms with E-state index in [-0.39, 0.29) is 0 Å². The summed E-state index contributed by atoms with van der Waals surface area (Å²) in [5.41, 5.74) is -1.01. The highest BCUT2D eigenvalue weighted by atomic mass is 35.5. The van der Waals surface area contributed by atoms with Gasteiger partial charge < -0.3 is 4.74 Å². The molecule has 1 amide bonds. The average molecular weight is 176 g/mol. The lowest BCUT2D eigenvalue weighted by atomic mass is 10.6. The van der Waals surface area contributed by atoms with Crippen molar-refractivity contribution in [3.05, 3.63) is 0 Å². The summed E-state index contributed by atoms with van der Waals surface area (Å²) in [6.07, 6.45) is 0. The van der Waals surface area contributed by atoms with E-state index in [0.717, 1.165) is 0 Å². The Morgan fingerprint density at radius 2 is 2.27 bits per heavy atom. The predicted molar refractivity (Wildman–Crippen MR) is 38.8 cm³/mol. The highest BCUT2D eigenvalue weighted by molar-refractivity contribution is 6.61. The van der Waals surface area contributed by atoms with Gasteiger partial charge in [0, 0.05) is 17.6 Å². The van der Waals surface area contributed by atoms with Crippen molar-refractivity contribution < 1.29 is 14.3 Å². The van der Waals surface area contributed by atoms with Crippen LogP contribution in [0.4, 0.5) is 4.79 Å². The van der Waals surface area contributed by atoms with E-state index in [2.05, 4.69) is 22.0 Å². The van der Waals surface area contributed by atoms with Gasteiger partial charge in [0.15, 0.2) is 6.61 Å². The van der Waals surface area contributed by atoms with Crippen LogP contribution in [-0.2, 0) is 9.53 Å². The average Bonchev–Trinajstić information content (AvgIpc) is 1.97. The molecule has 0 aromatic carbocycles. The summed E-state index contributed by atoms with van der Waals surface area (Å²) in [5, 5.41) is 2.15. The molecule has 0 aliphatic heterocycles. The van der Waals surface area contributed by atoms with Gasteiger partial charge in [-0.15, -0.1) is 0 Å². The van der Waals surface area contributed by atoms with Crippen molar-refractivity contribution in [2.75, 3.05) is 6.61 Å². The van der Waals surface area contributed by atoms with Crippen LogP contribution in [0.5, 0.6) is 0 Å². The Balaban J connectivity index is 3.51. The molecule has 0 unspecified atom stereocenters. The Labute approximate surface area is 68.9 Å². The van der Waals surface area contributed by atoms with E-state index < -0.39 is 17.9 Å². The van der Waals surface area contributed by atoms with Gasteiger partial charge >= 0.3 is 5.43 Å². The molecule has 0 saturated heterocycles. The topological polar surface area (TPSA) is 55.4 Å². The molecule has 0 radical (unpaired) electrons. The zero-order valence-electron chi connectivity index (χ0n) is 5.81. The van der Waals surface area contributed by atoms with Crippen LogP contribution in [-0.4, -0.2) is 17.9 Å². The molecule has 5 heteroatoms. The fourth-order valence-electron chi connectivity index (χ4n) is 0.291. The van der Waals surface area contributed by atoms with Crippen LogP contribution in [0.2, 0.25) is 0 Å². The Morgan fingerprint density at radius 1 is 1.64 bits per heavy atom. The zero-order valence-corrected chi connectivity index (χ0v) is 6.57. The van der Waals surface area contributed by atoms with Gasteiger partial charge in [-0.2, -0.15) is 0 Å². The standard InChI is InChI=1S/C6H6ClNO3/c1-2-3-8-5(9)4-11-6(7)10/h4H2,1H3,(H,8,9). The van der Waals surface area contributed by atoms with Gasteiger partial charge in [-0.25, -0.2) is 4.79 Å². The second kappa shape index (κ2) is 5.57. The molecule has 0 atom stereocenters. The SMILES string of the molecule is CC#CNC(=O)COC(=O)Cl. The molecule has 0 aliphatic rings. The molecule has 0 bridgehead atoms. The number of ether oxygens (including phenoxy) is 1. The zero-order chi connectivity index (χ0) is 8.69. The van der Waals surface area contributed by atoms with Crippen LogP contribution in [0.3, 0.4) is 0 Å². The van der Waals surface area contributed by atoms with Gasteiger partial charge in [0.25, 0.3) is 5.91 Å². The van der Waals surface area contributed by atoms with E-state index in [1.54, 1.807) is 6.92 Å². The molecule has 4 nitrogen and oxygen atoms in total. The molecule has 0 fully saturated rings. The highest BCUT2D eigenvalue weighted by Gasteiger charge is 2.01. The van der Waals surface area contributed by atoms with Crippen LogP contribution in [0, 0.1) is 12.0 Å². The number of carbonyl (C=O) groups excluding carboxylic acids is 2. The van der Waals surface area contributed by atoms with Crippen molar-refractivity contribution in [2.45, 2.75) is 6.92 Å². The van der Waals surface area contributed by atoms with Crippen LogP contribution in [0.1, 0.15) is 6.92 Å². The van der Waals surface area contributed by atoms with Gasteiger partial charge in [0.2, 0.25) is 0 Å². The van der Waals surface area contributed by atoms with Crippen LogP contribution in [0.15, 0.2) is 0 Å². The molecule has 0 aromatic rings. The molecule has 0 saturated carbocycles. The molecule has 0 rings (SSSR count). The molecule has 0 aromatic heterocycles. The van der Waals surface area contributed by atoms with E-state index in [0.29, 0.717) is 0 Å². The summed E-state index contributed by atoms with van der Waals surface area (Å²) in [6, 6.07) is 2.29. The molecule has 0 heterocycles. The second-order valence-corrected chi connectivity index (χ2v) is 1.76. The minimum absolute atomic E-state index is 0.406. The minimum Gasteiger partial charge on any atom is -0.444 e. The Morgan fingerprint density at radius 3 is 2.73 bits per heavy atom. The third-order valence-electron chi connectivity index (χ3n) is 0.644. The van der Waals surface area contributed by atoms with Crippen molar-refractivity contribution in [1.29, 1.82) is 0 Å². The van der Waals surface area contributed by atoms with Crippen molar-refractivity contribution >= 4 is 22.9 Å². The Hall–Kier alpha value is -1.21. The molecule has 1 N–H and O–H groups in total. The minimum atomic E-state index is -1.01. The molecule has 0 spiro atoms. The Kier molecular flexibility index (Phi) is 4.95. The van der Waals surface area contributed by atoms with Crippen molar-refractivity contribution in [3.8, 4) is 12.0 Å². The quantitative estimate of drug-likeness (QED) is 0.377. The van der Waals surface area contributed by atoms with E-state index in [4.69, 9.17) is 11.6 Å². The lowest BCUT2D eigenvalue weighted by molar-refractivity contribution is -0.122. The van der Waals surface area contributed by atoms with Crippen LogP contribution < -0.4 is 5.32 Å². The first-order valence-corrected chi connectivity index (χ1v) is 3.07. The third-order valence-corrected chi connectivity index (χ3v) is 0.753. The van der Waals surface area contributed by atoms with E-state index in [9.17, 15) is 9.59 Å². The van der Waals surface area contributed by atoms with E-state index in [1.807, 2.05) is 0 Å². The molecular formula is C6H6ClNO3. The molecule has 60 valence electrons. The van der Waals surface area contributed by atoms with Crippen LogP contribution >= 0.6 is 11.6 Å². The number of rotatable bonds is 2.